The van der Waals surface area contributed by atoms with Crippen molar-refractivity contribution in [1.29, 1.82) is 0 Å². The van der Waals surface area contributed by atoms with E-state index in [1.807, 2.05) is 20.8 Å². The summed E-state index contributed by atoms with van der Waals surface area (Å²) in [5.74, 6) is 0. The van der Waals surface area contributed by atoms with Gasteiger partial charge in [-0.25, -0.2) is 19.1 Å². The van der Waals surface area contributed by atoms with Crippen LogP contribution in [0.25, 0.3) is 0 Å². The highest BCUT2D eigenvalue weighted by Crippen LogP contribution is 2.22. The van der Waals surface area contributed by atoms with Gasteiger partial charge in [-0.05, 0) is 46.5 Å². The van der Waals surface area contributed by atoms with E-state index in [1.54, 1.807) is 6.20 Å². The normalized spacial score (nSPS) is 22.0. The Morgan fingerprint density at radius 3 is 2.45 bits per heavy atom. The van der Waals surface area contributed by atoms with Gasteiger partial charge in [-0.2, -0.15) is 0 Å². The summed E-state index contributed by atoms with van der Waals surface area (Å²) in [6.45, 7) is 5.50. The number of aromatic nitrogens is 2. The van der Waals surface area contributed by atoms with Crippen LogP contribution in [0, 0.1) is 0 Å². The van der Waals surface area contributed by atoms with Crippen molar-refractivity contribution in [3.8, 4) is 0 Å². The quantitative estimate of drug-likeness (QED) is 0.908. The molecular formula is C15H23N3O4. The molecule has 1 aliphatic rings. The standard InChI is InChI=1S/C15H23N3O4/c1-15(2,3)22-13(19)17-11-4-6-12(7-5-11)21-14(20)18-9-8-16-10-18/h8-12H,4-7H2,1-3H3,(H,17,19). The minimum Gasteiger partial charge on any atom is -0.446 e. The van der Waals surface area contributed by atoms with Gasteiger partial charge in [-0.3, -0.25) is 0 Å². The third kappa shape index (κ3) is 5.05. The molecule has 22 heavy (non-hydrogen) atoms. The number of hydrogen-bond donors (Lipinski definition) is 1. The zero-order chi connectivity index (χ0) is 16.2. The molecule has 122 valence electrons. The van der Waals surface area contributed by atoms with Crippen molar-refractivity contribution in [3.05, 3.63) is 18.7 Å². The summed E-state index contributed by atoms with van der Waals surface area (Å²) < 4.78 is 12.0. The number of rotatable bonds is 2. The summed E-state index contributed by atoms with van der Waals surface area (Å²) in [5, 5.41) is 2.86. The van der Waals surface area contributed by atoms with Crippen LogP contribution in [0.2, 0.25) is 0 Å². The van der Waals surface area contributed by atoms with E-state index < -0.39 is 17.8 Å². The molecule has 7 heteroatoms. The molecule has 0 unspecified atom stereocenters. The minimum absolute atomic E-state index is 0.0676. The Morgan fingerprint density at radius 1 is 1.23 bits per heavy atom. The second-order valence-corrected chi connectivity index (χ2v) is 6.47. The van der Waals surface area contributed by atoms with Crippen LogP contribution in [-0.2, 0) is 9.47 Å². The second kappa shape index (κ2) is 6.81. The predicted octanol–water partition coefficient (Wildman–Crippen LogP) is 2.70. The molecule has 1 amide bonds. The van der Waals surface area contributed by atoms with Crippen molar-refractivity contribution in [1.82, 2.24) is 14.9 Å². The molecule has 0 aliphatic heterocycles. The average Bonchev–Trinajstić information content (AvgIpc) is 2.92. The maximum absolute atomic E-state index is 11.8. The van der Waals surface area contributed by atoms with Crippen LogP contribution in [-0.4, -0.2) is 39.5 Å². The summed E-state index contributed by atoms with van der Waals surface area (Å²) in [6.07, 6.45) is 6.54. The molecule has 1 saturated carbocycles. The van der Waals surface area contributed by atoms with Gasteiger partial charge >= 0.3 is 12.2 Å². The van der Waals surface area contributed by atoms with Crippen LogP contribution in [0.15, 0.2) is 18.7 Å². The summed E-state index contributed by atoms with van der Waals surface area (Å²) in [4.78, 5) is 27.3. The van der Waals surface area contributed by atoms with E-state index >= 15 is 0 Å². The number of ether oxygens (including phenoxy) is 2. The molecule has 0 saturated heterocycles. The first kappa shape index (κ1) is 16.3. The molecule has 0 spiro atoms. The number of carbonyl (C=O) groups excluding carboxylic acids is 2. The SMILES string of the molecule is CC(C)(C)OC(=O)NC1CCC(OC(=O)n2ccnc2)CC1. The molecule has 1 N–H and O–H groups in total. The maximum atomic E-state index is 11.8. The van der Waals surface area contributed by atoms with Crippen LogP contribution in [0.5, 0.6) is 0 Å². The van der Waals surface area contributed by atoms with Crippen molar-refractivity contribution in [2.24, 2.45) is 0 Å². The van der Waals surface area contributed by atoms with Crippen LogP contribution < -0.4 is 5.32 Å². The van der Waals surface area contributed by atoms with E-state index in [4.69, 9.17) is 9.47 Å². The van der Waals surface area contributed by atoms with Gasteiger partial charge in [0.25, 0.3) is 0 Å². The van der Waals surface area contributed by atoms with Crippen LogP contribution in [0.1, 0.15) is 46.5 Å². The number of alkyl carbamates (subject to hydrolysis) is 1. The fourth-order valence-corrected chi connectivity index (χ4v) is 2.37. The molecule has 1 fully saturated rings. The number of amides is 1. The lowest BCUT2D eigenvalue weighted by Crippen LogP contribution is -2.42. The van der Waals surface area contributed by atoms with E-state index in [-0.39, 0.29) is 12.1 Å². The van der Waals surface area contributed by atoms with Gasteiger partial charge in [0.15, 0.2) is 0 Å². The molecule has 0 aromatic carbocycles. The highest BCUT2D eigenvalue weighted by Gasteiger charge is 2.26. The van der Waals surface area contributed by atoms with Crippen LogP contribution >= 0.6 is 0 Å². The molecule has 7 nitrogen and oxygen atoms in total. The van der Waals surface area contributed by atoms with Crippen LogP contribution in [0.4, 0.5) is 9.59 Å². The van der Waals surface area contributed by atoms with Crippen molar-refractivity contribution in [3.63, 3.8) is 0 Å². The number of nitrogens with zero attached hydrogens (tertiary/aromatic N) is 2. The zero-order valence-corrected chi connectivity index (χ0v) is 13.2. The molecule has 0 atom stereocenters. The van der Waals surface area contributed by atoms with Gasteiger partial charge < -0.3 is 14.8 Å². The first-order chi connectivity index (χ1) is 10.3. The Morgan fingerprint density at radius 2 is 1.91 bits per heavy atom. The Balaban J connectivity index is 1.72. The average molecular weight is 309 g/mol. The molecule has 1 heterocycles. The molecule has 1 aromatic rings. The summed E-state index contributed by atoms with van der Waals surface area (Å²) in [5.41, 5.74) is -0.498. The lowest BCUT2D eigenvalue weighted by atomic mass is 9.93. The first-order valence-electron chi connectivity index (χ1n) is 7.52. The van der Waals surface area contributed by atoms with Crippen LogP contribution in [0.3, 0.4) is 0 Å². The van der Waals surface area contributed by atoms with E-state index in [9.17, 15) is 9.59 Å². The van der Waals surface area contributed by atoms with E-state index in [0.29, 0.717) is 0 Å². The fourth-order valence-electron chi connectivity index (χ4n) is 2.37. The van der Waals surface area contributed by atoms with Crippen molar-refractivity contribution in [2.45, 2.75) is 64.2 Å². The van der Waals surface area contributed by atoms with E-state index in [2.05, 4.69) is 10.3 Å². The molecule has 2 rings (SSSR count). The largest absolute Gasteiger partial charge is 0.446 e. The van der Waals surface area contributed by atoms with Gasteiger partial charge in [0.1, 0.15) is 18.0 Å². The minimum atomic E-state index is -0.498. The monoisotopic (exact) mass is 309 g/mol. The third-order valence-corrected chi connectivity index (χ3v) is 3.38. The van der Waals surface area contributed by atoms with Gasteiger partial charge in [0.2, 0.25) is 0 Å². The fraction of sp³-hybridized carbons (Fsp3) is 0.667. The number of imidazole rings is 1. The molecule has 1 aromatic heterocycles. The Bertz CT molecular complexity index is 499. The number of carbonyl (C=O) groups is 2. The topological polar surface area (TPSA) is 82.5 Å². The summed E-state index contributed by atoms with van der Waals surface area (Å²) in [6, 6.07) is 0.0676. The van der Waals surface area contributed by atoms with Gasteiger partial charge in [-0.15, -0.1) is 0 Å². The molecule has 1 aliphatic carbocycles. The lowest BCUT2D eigenvalue weighted by Gasteiger charge is -2.29. The second-order valence-electron chi connectivity index (χ2n) is 6.47. The highest BCUT2D eigenvalue weighted by atomic mass is 16.6. The highest BCUT2D eigenvalue weighted by molar-refractivity contribution is 5.70. The summed E-state index contributed by atoms with van der Waals surface area (Å²) in [7, 11) is 0. The van der Waals surface area contributed by atoms with Gasteiger partial charge in [-0.1, -0.05) is 0 Å². The smallest absolute Gasteiger partial charge is 0.419 e. The Labute approximate surface area is 130 Å². The predicted molar refractivity (Wildman–Crippen MR) is 79.5 cm³/mol. The Hall–Kier alpha value is -2.05. The summed E-state index contributed by atoms with van der Waals surface area (Å²) >= 11 is 0. The van der Waals surface area contributed by atoms with E-state index in [1.165, 1.54) is 17.1 Å². The molecular weight excluding hydrogens is 286 g/mol. The van der Waals surface area contributed by atoms with Crippen molar-refractivity contribution in [2.75, 3.05) is 0 Å². The van der Waals surface area contributed by atoms with Crippen molar-refractivity contribution >= 4 is 12.2 Å². The first-order valence-corrected chi connectivity index (χ1v) is 7.52. The number of hydrogen-bond acceptors (Lipinski definition) is 5. The van der Waals surface area contributed by atoms with Gasteiger partial charge in [0.05, 0.1) is 0 Å². The Kier molecular flexibility index (Phi) is 5.05. The maximum Gasteiger partial charge on any atom is 0.419 e. The zero-order valence-electron chi connectivity index (χ0n) is 13.2. The van der Waals surface area contributed by atoms with Crippen molar-refractivity contribution < 1.29 is 19.1 Å². The van der Waals surface area contributed by atoms with Gasteiger partial charge in [0, 0.05) is 18.4 Å². The third-order valence-electron chi connectivity index (χ3n) is 3.38. The number of nitrogens with one attached hydrogen (secondary N) is 1. The molecule has 0 radical (unpaired) electrons. The van der Waals surface area contributed by atoms with E-state index in [0.717, 1.165) is 25.7 Å². The lowest BCUT2D eigenvalue weighted by molar-refractivity contribution is 0.0427. The molecule has 0 bridgehead atoms.